The summed E-state index contributed by atoms with van der Waals surface area (Å²) in [6, 6.07) is 0.362. The molecular weight excluding hydrogens is 230 g/mol. The van der Waals surface area contributed by atoms with Gasteiger partial charge < -0.3 is 15.4 Å². The largest absolute Gasteiger partial charge is 0.464 e. The first-order valence-electron chi connectivity index (χ1n) is 6.50. The van der Waals surface area contributed by atoms with Crippen LogP contribution in [0, 0.1) is 0 Å². The Labute approximate surface area is 108 Å². The highest BCUT2D eigenvalue weighted by Gasteiger charge is 2.29. The molecule has 0 amide bonds. The van der Waals surface area contributed by atoms with Gasteiger partial charge in [0, 0.05) is 12.6 Å². The minimum absolute atomic E-state index is 0.0931. The molecule has 1 aromatic heterocycles. The second-order valence-corrected chi connectivity index (χ2v) is 4.84. The van der Waals surface area contributed by atoms with Gasteiger partial charge in [-0.25, -0.2) is 0 Å². The van der Waals surface area contributed by atoms with E-state index in [1.54, 1.807) is 7.05 Å². The Kier molecular flexibility index (Phi) is 3.84. The third-order valence-electron chi connectivity index (χ3n) is 3.23. The Morgan fingerprint density at radius 2 is 1.83 bits per heavy atom. The van der Waals surface area contributed by atoms with Gasteiger partial charge in [-0.2, -0.15) is 15.0 Å². The van der Waals surface area contributed by atoms with E-state index < -0.39 is 0 Å². The molecule has 0 aromatic carbocycles. The molecule has 6 heteroatoms. The maximum absolute atomic E-state index is 5.34. The Morgan fingerprint density at radius 1 is 1.17 bits per heavy atom. The van der Waals surface area contributed by atoms with E-state index in [9.17, 15) is 0 Å². The van der Waals surface area contributed by atoms with Gasteiger partial charge in [0.05, 0.1) is 6.61 Å². The van der Waals surface area contributed by atoms with Crippen LogP contribution in [0.25, 0.3) is 0 Å². The van der Waals surface area contributed by atoms with Gasteiger partial charge in [-0.05, 0) is 26.7 Å². The molecule has 0 saturated heterocycles. The molecule has 1 aliphatic carbocycles. The van der Waals surface area contributed by atoms with E-state index in [-0.39, 0.29) is 5.54 Å². The predicted molar refractivity (Wildman–Crippen MR) is 71.0 cm³/mol. The van der Waals surface area contributed by atoms with Crippen LogP contribution in [0.2, 0.25) is 0 Å². The van der Waals surface area contributed by atoms with E-state index in [0.717, 1.165) is 12.8 Å². The standard InChI is InChI=1S/C12H21N5O/c1-4-18-11-15-9(13-3)14-10(16-11)17-12(2)7-5-6-8-12/h4-8H2,1-3H3,(H2,13,14,15,16,17). The summed E-state index contributed by atoms with van der Waals surface area (Å²) < 4.78 is 5.34. The van der Waals surface area contributed by atoms with E-state index in [2.05, 4.69) is 32.5 Å². The van der Waals surface area contributed by atoms with Crippen molar-refractivity contribution in [1.29, 1.82) is 0 Å². The van der Waals surface area contributed by atoms with Crippen molar-refractivity contribution in [3.63, 3.8) is 0 Å². The predicted octanol–water partition coefficient (Wildman–Crippen LogP) is 2.06. The molecule has 6 nitrogen and oxygen atoms in total. The number of ether oxygens (including phenoxy) is 1. The monoisotopic (exact) mass is 251 g/mol. The van der Waals surface area contributed by atoms with Crippen LogP contribution in [0.3, 0.4) is 0 Å². The topological polar surface area (TPSA) is 72.0 Å². The summed E-state index contributed by atoms with van der Waals surface area (Å²) in [6.07, 6.45) is 4.81. The lowest BCUT2D eigenvalue weighted by molar-refractivity contribution is 0.312. The van der Waals surface area contributed by atoms with Gasteiger partial charge in [-0.3, -0.25) is 0 Å². The van der Waals surface area contributed by atoms with E-state index >= 15 is 0 Å². The van der Waals surface area contributed by atoms with Crippen LogP contribution < -0.4 is 15.4 Å². The van der Waals surface area contributed by atoms with Crippen molar-refractivity contribution in [3.8, 4) is 6.01 Å². The highest BCUT2D eigenvalue weighted by atomic mass is 16.5. The number of rotatable bonds is 5. The Hall–Kier alpha value is -1.59. The molecule has 0 unspecified atom stereocenters. The third kappa shape index (κ3) is 3.00. The molecule has 0 aliphatic heterocycles. The van der Waals surface area contributed by atoms with Crippen molar-refractivity contribution in [2.75, 3.05) is 24.3 Å². The number of hydrogen-bond donors (Lipinski definition) is 2. The summed E-state index contributed by atoms with van der Waals surface area (Å²) in [7, 11) is 1.78. The first-order chi connectivity index (χ1) is 8.65. The van der Waals surface area contributed by atoms with Crippen LogP contribution in [-0.4, -0.2) is 34.1 Å². The Bertz CT molecular complexity index is 403. The summed E-state index contributed by atoms with van der Waals surface area (Å²) in [5.41, 5.74) is 0.0931. The van der Waals surface area contributed by atoms with E-state index in [1.165, 1.54) is 12.8 Å². The van der Waals surface area contributed by atoms with Crippen LogP contribution in [0.15, 0.2) is 0 Å². The zero-order valence-electron chi connectivity index (χ0n) is 11.3. The van der Waals surface area contributed by atoms with Crippen LogP contribution in [0.1, 0.15) is 39.5 Å². The quantitative estimate of drug-likeness (QED) is 0.834. The van der Waals surface area contributed by atoms with Gasteiger partial charge >= 0.3 is 6.01 Å². The van der Waals surface area contributed by atoms with Gasteiger partial charge in [0.1, 0.15) is 0 Å². The lowest BCUT2D eigenvalue weighted by Crippen LogP contribution is -2.32. The molecule has 1 heterocycles. The third-order valence-corrected chi connectivity index (χ3v) is 3.23. The molecule has 1 aromatic rings. The van der Waals surface area contributed by atoms with E-state index in [4.69, 9.17) is 4.74 Å². The van der Waals surface area contributed by atoms with Crippen molar-refractivity contribution < 1.29 is 4.74 Å². The molecule has 100 valence electrons. The van der Waals surface area contributed by atoms with Crippen molar-refractivity contribution in [2.24, 2.45) is 0 Å². The Balaban J connectivity index is 2.17. The van der Waals surface area contributed by atoms with Crippen LogP contribution in [0.5, 0.6) is 6.01 Å². The first-order valence-corrected chi connectivity index (χ1v) is 6.50. The van der Waals surface area contributed by atoms with Crippen molar-refractivity contribution in [3.05, 3.63) is 0 Å². The second-order valence-electron chi connectivity index (χ2n) is 4.84. The minimum atomic E-state index is 0.0931. The van der Waals surface area contributed by atoms with Crippen molar-refractivity contribution in [2.45, 2.75) is 45.1 Å². The van der Waals surface area contributed by atoms with E-state index in [1.807, 2.05) is 6.92 Å². The molecule has 1 aliphatic rings. The fraction of sp³-hybridized carbons (Fsp3) is 0.750. The normalized spacial score (nSPS) is 17.5. The minimum Gasteiger partial charge on any atom is -0.464 e. The number of nitrogens with one attached hydrogen (secondary N) is 2. The zero-order chi connectivity index (χ0) is 13.0. The molecule has 0 bridgehead atoms. The van der Waals surface area contributed by atoms with Gasteiger partial charge in [-0.1, -0.05) is 12.8 Å². The van der Waals surface area contributed by atoms with Gasteiger partial charge in [-0.15, -0.1) is 0 Å². The molecule has 0 atom stereocenters. The van der Waals surface area contributed by atoms with Crippen molar-refractivity contribution >= 4 is 11.9 Å². The molecule has 1 fully saturated rings. The smallest absolute Gasteiger partial charge is 0.323 e. The highest BCUT2D eigenvalue weighted by Crippen LogP contribution is 2.31. The number of hydrogen-bond acceptors (Lipinski definition) is 6. The molecule has 0 radical (unpaired) electrons. The fourth-order valence-corrected chi connectivity index (χ4v) is 2.27. The molecule has 0 spiro atoms. The molecule has 18 heavy (non-hydrogen) atoms. The maximum Gasteiger partial charge on any atom is 0.323 e. The van der Waals surface area contributed by atoms with Crippen LogP contribution in [-0.2, 0) is 0 Å². The fourth-order valence-electron chi connectivity index (χ4n) is 2.27. The molecule has 1 saturated carbocycles. The average molecular weight is 251 g/mol. The van der Waals surface area contributed by atoms with Crippen LogP contribution >= 0.6 is 0 Å². The first kappa shape index (κ1) is 12.9. The van der Waals surface area contributed by atoms with E-state index in [0.29, 0.717) is 24.5 Å². The lowest BCUT2D eigenvalue weighted by Gasteiger charge is -2.25. The van der Waals surface area contributed by atoms with Gasteiger partial charge in [0.25, 0.3) is 0 Å². The number of nitrogens with zero attached hydrogens (tertiary/aromatic N) is 3. The zero-order valence-corrected chi connectivity index (χ0v) is 11.3. The summed E-state index contributed by atoms with van der Waals surface area (Å²) in [6.45, 7) is 4.67. The SMILES string of the molecule is CCOc1nc(NC)nc(NC2(C)CCCC2)n1. The maximum atomic E-state index is 5.34. The molecular formula is C12H21N5O. The molecule has 2 N–H and O–H groups in total. The second kappa shape index (κ2) is 5.37. The van der Waals surface area contributed by atoms with Gasteiger partial charge in [0.15, 0.2) is 0 Å². The van der Waals surface area contributed by atoms with Crippen molar-refractivity contribution in [1.82, 2.24) is 15.0 Å². The Morgan fingerprint density at radius 3 is 2.44 bits per heavy atom. The summed E-state index contributed by atoms with van der Waals surface area (Å²) in [5, 5.41) is 6.33. The summed E-state index contributed by atoms with van der Waals surface area (Å²) in [5.74, 6) is 1.11. The summed E-state index contributed by atoms with van der Waals surface area (Å²) in [4.78, 5) is 12.7. The number of aromatic nitrogens is 3. The van der Waals surface area contributed by atoms with Crippen LogP contribution in [0.4, 0.5) is 11.9 Å². The number of anilines is 2. The lowest BCUT2D eigenvalue weighted by atomic mass is 10.0. The molecule has 2 rings (SSSR count). The van der Waals surface area contributed by atoms with Gasteiger partial charge in [0.2, 0.25) is 11.9 Å². The summed E-state index contributed by atoms with van der Waals surface area (Å²) >= 11 is 0. The average Bonchev–Trinajstić information content (AvgIpc) is 2.75. The highest BCUT2D eigenvalue weighted by molar-refractivity contribution is 5.37.